The highest BCUT2D eigenvalue weighted by Crippen LogP contribution is 2.14. The lowest BCUT2D eigenvalue weighted by molar-refractivity contribution is 0.0953. The molecule has 1 aromatic rings. The molecular formula is C12H18N2O2S. The standard InChI is InChI=1S/C12H18N2O2S/c1-9(2)17-8-7-16-11-5-3-10(4-6-11)12(15)14-13/h3-6,9H,7-8,13H2,1-2H3,(H,14,15). The van der Waals surface area contributed by atoms with E-state index in [1.165, 1.54) is 0 Å². The minimum absolute atomic E-state index is 0.299. The number of nitrogens with two attached hydrogens (primary N) is 1. The van der Waals surface area contributed by atoms with Crippen LogP contribution in [0.3, 0.4) is 0 Å². The Hall–Kier alpha value is -1.20. The van der Waals surface area contributed by atoms with Gasteiger partial charge in [-0.3, -0.25) is 10.2 Å². The van der Waals surface area contributed by atoms with E-state index in [1.807, 2.05) is 11.8 Å². The zero-order valence-electron chi connectivity index (χ0n) is 10.1. The molecule has 1 amide bonds. The first-order valence-electron chi connectivity index (χ1n) is 5.49. The molecule has 0 aliphatic rings. The van der Waals surface area contributed by atoms with Crippen LogP contribution < -0.4 is 16.0 Å². The molecule has 0 aliphatic carbocycles. The van der Waals surface area contributed by atoms with Crippen LogP contribution in [0.4, 0.5) is 0 Å². The number of nitrogen functional groups attached to an aromatic ring is 1. The first-order chi connectivity index (χ1) is 8.13. The van der Waals surface area contributed by atoms with Gasteiger partial charge in [0.05, 0.1) is 6.61 Å². The van der Waals surface area contributed by atoms with E-state index < -0.39 is 0 Å². The van der Waals surface area contributed by atoms with Gasteiger partial charge in [0.1, 0.15) is 5.75 Å². The van der Waals surface area contributed by atoms with Crippen LogP contribution in [-0.4, -0.2) is 23.5 Å². The van der Waals surface area contributed by atoms with Gasteiger partial charge in [0.25, 0.3) is 5.91 Å². The van der Waals surface area contributed by atoms with Gasteiger partial charge in [-0.15, -0.1) is 0 Å². The summed E-state index contributed by atoms with van der Waals surface area (Å²) in [6.45, 7) is 4.99. The fourth-order valence-corrected chi connectivity index (χ4v) is 1.88. The van der Waals surface area contributed by atoms with Crippen LogP contribution in [-0.2, 0) is 0 Å². The van der Waals surface area contributed by atoms with Gasteiger partial charge in [0.2, 0.25) is 0 Å². The lowest BCUT2D eigenvalue weighted by atomic mass is 10.2. The fourth-order valence-electron chi connectivity index (χ4n) is 1.23. The SMILES string of the molecule is CC(C)SCCOc1ccc(C(=O)NN)cc1. The molecule has 4 nitrogen and oxygen atoms in total. The molecule has 0 aromatic heterocycles. The van der Waals surface area contributed by atoms with Crippen LogP contribution in [0.5, 0.6) is 5.75 Å². The summed E-state index contributed by atoms with van der Waals surface area (Å²) in [5.41, 5.74) is 2.61. The summed E-state index contributed by atoms with van der Waals surface area (Å²) in [7, 11) is 0. The third-order valence-corrected chi connectivity index (χ3v) is 3.12. The summed E-state index contributed by atoms with van der Waals surface area (Å²) < 4.78 is 5.54. The molecule has 0 saturated carbocycles. The number of nitrogens with one attached hydrogen (secondary N) is 1. The van der Waals surface area contributed by atoms with E-state index in [9.17, 15) is 4.79 Å². The topological polar surface area (TPSA) is 64.3 Å². The maximum atomic E-state index is 11.2. The van der Waals surface area contributed by atoms with Gasteiger partial charge in [-0.25, -0.2) is 5.84 Å². The van der Waals surface area contributed by atoms with Crippen molar-refractivity contribution in [2.75, 3.05) is 12.4 Å². The molecule has 0 spiro atoms. The summed E-state index contributed by atoms with van der Waals surface area (Å²) >= 11 is 1.86. The van der Waals surface area contributed by atoms with Crippen molar-refractivity contribution in [1.82, 2.24) is 5.43 Å². The number of hydrogen-bond donors (Lipinski definition) is 2. The lowest BCUT2D eigenvalue weighted by Gasteiger charge is -2.08. The molecular weight excluding hydrogens is 236 g/mol. The smallest absolute Gasteiger partial charge is 0.265 e. The van der Waals surface area contributed by atoms with E-state index in [4.69, 9.17) is 10.6 Å². The number of hydrazine groups is 1. The average Bonchev–Trinajstić information content (AvgIpc) is 2.34. The van der Waals surface area contributed by atoms with E-state index in [-0.39, 0.29) is 5.91 Å². The summed E-state index contributed by atoms with van der Waals surface area (Å²) in [5, 5.41) is 0.620. The molecule has 0 bridgehead atoms. The molecule has 0 aliphatic heterocycles. The van der Waals surface area contributed by atoms with Gasteiger partial charge in [-0.1, -0.05) is 13.8 Å². The van der Waals surface area contributed by atoms with Crippen molar-refractivity contribution in [3.05, 3.63) is 29.8 Å². The second-order valence-electron chi connectivity index (χ2n) is 3.77. The molecule has 94 valence electrons. The maximum Gasteiger partial charge on any atom is 0.265 e. The van der Waals surface area contributed by atoms with Gasteiger partial charge in [0.15, 0.2) is 0 Å². The third-order valence-electron chi connectivity index (χ3n) is 2.05. The van der Waals surface area contributed by atoms with E-state index >= 15 is 0 Å². The number of ether oxygens (including phenoxy) is 1. The van der Waals surface area contributed by atoms with Crippen molar-refractivity contribution in [2.24, 2.45) is 5.84 Å². The normalized spacial score (nSPS) is 10.4. The van der Waals surface area contributed by atoms with E-state index in [0.29, 0.717) is 17.4 Å². The van der Waals surface area contributed by atoms with Crippen molar-refractivity contribution in [2.45, 2.75) is 19.1 Å². The zero-order chi connectivity index (χ0) is 12.7. The van der Waals surface area contributed by atoms with Crippen LogP contribution in [0.15, 0.2) is 24.3 Å². The van der Waals surface area contributed by atoms with E-state index in [1.54, 1.807) is 24.3 Å². The van der Waals surface area contributed by atoms with Crippen molar-refractivity contribution < 1.29 is 9.53 Å². The van der Waals surface area contributed by atoms with E-state index in [2.05, 4.69) is 19.3 Å². The highest BCUT2D eigenvalue weighted by molar-refractivity contribution is 7.99. The summed E-state index contributed by atoms with van der Waals surface area (Å²) in [6.07, 6.45) is 0. The summed E-state index contributed by atoms with van der Waals surface area (Å²) in [5.74, 6) is 6.46. The molecule has 1 rings (SSSR count). The van der Waals surface area contributed by atoms with Gasteiger partial charge >= 0.3 is 0 Å². The van der Waals surface area contributed by atoms with Crippen molar-refractivity contribution in [3.8, 4) is 5.75 Å². The largest absolute Gasteiger partial charge is 0.493 e. The molecule has 5 heteroatoms. The second kappa shape index (κ2) is 7.19. The Labute approximate surface area is 106 Å². The number of hydrogen-bond acceptors (Lipinski definition) is 4. The molecule has 0 atom stereocenters. The predicted molar refractivity (Wildman–Crippen MR) is 71.2 cm³/mol. The fraction of sp³-hybridized carbons (Fsp3) is 0.417. The molecule has 0 heterocycles. The molecule has 3 N–H and O–H groups in total. The number of thioether (sulfide) groups is 1. The highest BCUT2D eigenvalue weighted by Gasteiger charge is 2.03. The predicted octanol–water partition coefficient (Wildman–Crippen LogP) is 1.81. The van der Waals surface area contributed by atoms with Crippen LogP contribution in [0, 0.1) is 0 Å². The number of carbonyl (C=O) groups is 1. The van der Waals surface area contributed by atoms with Gasteiger partial charge in [-0.2, -0.15) is 11.8 Å². The Morgan fingerprint density at radius 2 is 2.06 bits per heavy atom. The van der Waals surface area contributed by atoms with Gasteiger partial charge < -0.3 is 4.74 Å². The molecule has 0 fully saturated rings. The Bertz CT molecular complexity index is 352. The lowest BCUT2D eigenvalue weighted by Crippen LogP contribution is -2.29. The molecule has 1 aromatic carbocycles. The van der Waals surface area contributed by atoms with Crippen LogP contribution in [0.2, 0.25) is 0 Å². The second-order valence-corrected chi connectivity index (χ2v) is 5.45. The first kappa shape index (κ1) is 13.9. The quantitative estimate of drug-likeness (QED) is 0.352. The van der Waals surface area contributed by atoms with Crippen LogP contribution >= 0.6 is 11.8 Å². The maximum absolute atomic E-state index is 11.2. The summed E-state index contributed by atoms with van der Waals surface area (Å²) in [4.78, 5) is 11.2. The zero-order valence-corrected chi connectivity index (χ0v) is 10.9. The Kier molecular flexibility index (Phi) is 5.86. The average molecular weight is 254 g/mol. The first-order valence-corrected chi connectivity index (χ1v) is 6.53. The number of carbonyl (C=O) groups excluding carboxylic acids is 1. The minimum atomic E-state index is -0.299. The Balaban J connectivity index is 2.38. The van der Waals surface area contributed by atoms with Crippen molar-refractivity contribution in [3.63, 3.8) is 0 Å². The van der Waals surface area contributed by atoms with Gasteiger partial charge in [-0.05, 0) is 29.5 Å². The van der Waals surface area contributed by atoms with Crippen LogP contribution in [0.25, 0.3) is 0 Å². The number of benzene rings is 1. The van der Waals surface area contributed by atoms with Crippen molar-refractivity contribution >= 4 is 17.7 Å². The van der Waals surface area contributed by atoms with E-state index in [0.717, 1.165) is 11.5 Å². The Morgan fingerprint density at radius 3 is 2.59 bits per heavy atom. The Morgan fingerprint density at radius 1 is 1.41 bits per heavy atom. The monoisotopic (exact) mass is 254 g/mol. The summed E-state index contributed by atoms with van der Waals surface area (Å²) in [6, 6.07) is 6.91. The molecule has 0 radical (unpaired) electrons. The molecule has 0 saturated heterocycles. The molecule has 17 heavy (non-hydrogen) atoms. The third kappa shape index (κ3) is 5.10. The van der Waals surface area contributed by atoms with Crippen molar-refractivity contribution in [1.29, 1.82) is 0 Å². The highest BCUT2D eigenvalue weighted by atomic mass is 32.2. The number of rotatable bonds is 6. The number of amides is 1. The minimum Gasteiger partial charge on any atom is -0.493 e. The van der Waals surface area contributed by atoms with Crippen LogP contribution in [0.1, 0.15) is 24.2 Å². The molecule has 0 unspecified atom stereocenters. The van der Waals surface area contributed by atoms with Gasteiger partial charge in [0, 0.05) is 11.3 Å².